The van der Waals surface area contributed by atoms with Crippen molar-refractivity contribution in [3.63, 3.8) is 0 Å². The van der Waals surface area contributed by atoms with Crippen molar-refractivity contribution in [2.24, 2.45) is 5.92 Å². The second-order valence-corrected chi connectivity index (χ2v) is 6.48. The minimum atomic E-state index is -0.0264. The quantitative estimate of drug-likeness (QED) is 0.742. The monoisotopic (exact) mass is 284 g/mol. The van der Waals surface area contributed by atoms with Crippen LogP contribution in [0, 0.1) is 12.8 Å². The van der Waals surface area contributed by atoms with Crippen molar-refractivity contribution < 1.29 is 4.74 Å². The van der Waals surface area contributed by atoms with Crippen molar-refractivity contribution in [1.29, 1.82) is 0 Å². The first-order valence-corrected chi connectivity index (χ1v) is 8.04. The summed E-state index contributed by atoms with van der Waals surface area (Å²) in [5, 5.41) is 4.92. The van der Waals surface area contributed by atoms with Gasteiger partial charge in [0, 0.05) is 18.5 Å². The number of thiazole rings is 1. The molecule has 0 saturated heterocycles. The van der Waals surface area contributed by atoms with E-state index in [0.29, 0.717) is 5.92 Å². The van der Waals surface area contributed by atoms with Crippen molar-refractivity contribution >= 4 is 11.3 Å². The highest BCUT2D eigenvalue weighted by Crippen LogP contribution is 2.36. The Hall–Kier alpha value is -0.450. The van der Waals surface area contributed by atoms with Crippen molar-refractivity contribution in [2.45, 2.75) is 53.0 Å². The van der Waals surface area contributed by atoms with Crippen LogP contribution in [0.4, 0.5) is 0 Å². The van der Waals surface area contributed by atoms with E-state index in [9.17, 15) is 0 Å². The molecule has 0 aliphatic rings. The van der Waals surface area contributed by atoms with E-state index in [1.165, 1.54) is 15.6 Å². The third kappa shape index (κ3) is 3.56. The minimum absolute atomic E-state index is 0.0264. The molecule has 0 bridgehead atoms. The number of aromatic nitrogens is 1. The molecule has 4 heteroatoms. The molecule has 1 aromatic heterocycles. The standard InChI is InChI=1S/C15H28N2OS/c1-7-13-12(5)19-14(17-13)15(8-2,11(3)4)16-9-10-18-6/h11,16H,7-10H2,1-6H3. The van der Waals surface area contributed by atoms with Crippen LogP contribution >= 0.6 is 11.3 Å². The summed E-state index contributed by atoms with van der Waals surface area (Å²) in [5.74, 6) is 0.504. The molecule has 110 valence electrons. The van der Waals surface area contributed by atoms with Crippen molar-refractivity contribution in [3.8, 4) is 0 Å². The van der Waals surface area contributed by atoms with Crippen molar-refractivity contribution in [3.05, 3.63) is 15.6 Å². The Bertz CT molecular complexity index is 389. The Kier molecular flexibility index (Phi) is 6.43. The summed E-state index contributed by atoms with van der Waals surface area (Å²) in [6, 6.07) is 0. The lowest BCUT2D eigenvalue weighted by molar-refractivity contribution is 0.163. The molecule has 1 N–H and O–H groups in total. The van der Waals surface area contributed by atoms with E-state index in [0.717, 1.165) is 26.0 Å². The van der Waals surface area contributed by atoms with E-state index in [1.807, 2.05) is 11.3 Å². The fourth-order valence-corrected chi connectivity index (χ4v) is 3.92. The summed E-state index contributed by atoms with van der Waals surface area (Å²) in [4.78, 5) is 6.24. The molecule has 1 rings (SSSR count). The average Bonchev–Trinajstić information content (AvgIpc) is 2.76. The molecule has 0 fully saturated rings. The number of nitrogens with zero attached hydrogens (tertiary/aromatic N) is 1. The molecule has 0 spiro atoms. The van der Waals surface area contributed by atoms with E-state index in [4.69, 9.17) is 9.72 Å². The van der Waals surface area contributed by atoms with Crippen LogP contribution in [0.15, 0.2) is 0 Å². The first kappa shape index (κ1) is 16.6. The third-order valence-electron chi connectivity index (χ3n) is 3.90. The molecule has 1 heterocycles. The van der Waals surface area contributed by atoms with E-state index >= 15 is 0 Å². The van der Waals surface area contributed by atoms with Crippen LogP contribution in [0.3, 0.4) is 0 Å². The zero-order valence-electron chi connectivity index (χ0n) is 13.2. The number of aryl methyl sites for hydroxylation is 2. The summed E-state index contributed by atoms with van der Waals surface area (Å²) in [5.41, 5.74) is 1.22. The van der Waals surface area contributed by atoms with Crippen molar-refractivity contribution in [2.75, 3.05) is 20.3 Å². The fourth-order valence-electron chi connectivity index (χ4n) is 2.53. The SMILES string of the molecule is CCc1nc(C(CC)(NCCOC)C(C)C)sc1C. The topological polar surface area (TPSA) is 34.2 Å². The van der Waals surface area contributed by atoms with Crippen LogP contribution in [0.1, 0.15) is 49.7 Å². The molecule has 3 nitrogen and oxygen atoms in total. The molecule has 0 amide bonds. The van der Waals surface area contributed by atoms with Gasteiger partial charge in [0.05, 0.1) is 17.8 Å². The van der Waals surface area contributed by atoms with Gasteiger partial charge < -0.3 is 10.1 Å². The molecule has 1 aromatic rings. The lowest BCUT2D eigenvalue weighted by Gasteiger charge is -2.36. The van der Waals surface area contributed by atoms with Crippen LogP contribution in [-0.4, -0.2) is 25.2 Å². The highest BCUT2D eigenvalue weighted by molar-refractivity contribution is 7.11. The van der Waals surface area contributed by atoms with E-state index < -0.39 is 0 Å². The van der Waals surface area contributed by atoms with Gasteiger partial charge in [-0.1, -0.05) is 27.7 Å². The predicted molar refractivity (Wildman–Crippen MR) is 82.9 cm³/mol. The third-order valence-corrected chi connectivity index (χ3v) is 5.09. The maximum atomic E-state index is 5.17. The first-order chi connectivity index (χ1) is 9.01. The van der Waals surface area contributed by atoms with E-state index in [-0.39, 0.29) is 5.54 Å². The highest BCUT2D eigenvalue weighted by Gasteiger charge is 2.36. The molecular weight excluding hydrogens is 256 g/mol. The summed E-state index contributed by atoms with van der Waals surface area (Å²) < 4.78 is 5.17. The van der Waals surface area contributed by atoms with Crippen LogP contribution in [0.2, 0.25) is 0 Å². The van der Waals surface area contributed by atoms with Crippen LogP contribution in [0.5, 0.6) is 0 Å². The Labute approximate surface area is 121 Å². The lowest BCUT2D eigenvalue weighted by atomic mass is 9.84. The smallest absolute Gasteiger partial charge is 0.113 e. The molecule has 19 heavy (non-hydrogen) atoms. The normalized spacial score (nSPS) is 14.9. The predicted octanol–water partition coefficient (Wildman–Crippen LogP) is 3.51. The van der Waals surface area contributed by atoms with Crippen LogP contribution in [0.25, 0.3) is 0 Å². The Morgan fingerprint density at radius 2 is 2.05 bits per heavy atom. The van der Waals surface area contributed by atoms with Gasteiger partial charge in [-0.15, -0.1) is 11.3 Å². The van der Waals surface area contributed by atoms with Gasteiger partial charge in [0.25, 0.3) is 0 Å². The molecular formula is C15H28N2OS. The summed E-state index contributed by atoms with van der Waals surface area (Å²) in [6.07, 6.45) is 2.06. The van der Waals surface area contributed by atoms with Gasteiger partial charge in [0.1, 0.15) is 5.01 Å². The van der Waals surface area contributed by atoms with Gasteiger partial charge in [-0.25, -0.2) is 4.98 Å². The highest BCUT2D eigenvalue weighted by atomic mass is 32.1. The van der Waals surface area contributed by atoms with Crippen molar-refractivity contribution in [1.82, 2.24) is 10.3 Å². The number of methoxy groups -OCH3 is 1. The molecule has 1 atom stereocenters. The van der Waals surface area contributed by atoms with Gasteiger partial charge >= 0.3 is 0 Å². The van der Waals surface area contributed by atoms with Crippen LogP contribution in [-0.2, 0) is 16.7 Å². The Balaban J connectivity index is 3.06. The molecule has 1 unspecified atom stereocenters. The van der Waals surface area contributed by atoms with Gasteiger partial charge in [-0.3, -0.25) is 0 Å². The van der Waals surface area contributed by atoms with Gasteiger partial charge in [0.15, 0.2) is 0 Å². The second kappa shape index (κ2) is 7.36. The van der Waals surface area contributed by atoms with Crippen LogP contribution < -0.4 is 5.32 Å². The summed E-state index contributed by atoms with van der Waals surface area (Å²) in [6.45, 7) is 12.7. The van der Waals surface area contributed by atoms with Gasteiger partial charge in [-0.2, -0.15) is 0 Å². The zero-order valence-corrected chi connectivity index (χ0v) is 14.0. The number of rotatable bonds is 8. The number of nitrogens with one attached hydrogen (secondary N) is 1. The molecule has 0 radical (unpaired) electrons. The van der Waals surface area contributed by atoms with E-state index in [1.54, 1.807) is 7.11 Å². The van der Waals surface area contributed by atoms with Gasteiger partial charge in [0.2, 0.25) is 0 Å². The molecule has 0 saturated carbocycles. The summed E-state index contributed by atoms with van der Waals surface area (Å²) in [7, 11) is 1.74. The van der Waals surface area contributed by atoms with Gasteiger partial charge in [-0.05, 0) is 25.7 Å². The fraction of sp³-hybridized carbons (Fsp3) is 0.800. The maximum absolute atomic E-state index is 5.17. The maximum Gasteiger partial charge on any atom is 0.113 e. The first-order valence-electron chi connectivity index (χ1n) is 7.22. The summed E-state index contributed by atoms with van der Waals surface area (Å²) >= 11 is 1.84. The number of ether oxygens (including phenoxy) is 1. The molecule has 0 aliphatic heterocycles. The minimum Gasteiger partial charge on any atom is -0.383 e. The number of hydrogen-bond donors (Lipinski definition) is 1. The largest absolute Gasteiger partial charge is 0.383 e. The Morgan fingerprint density at radius 3 is 2.47 bits per heavy atom. The molecule has 0 aromatic carbocycles. The number of hydrogen-bond acceptors (Lipinski definition) is 4. The van der Waals surface area contributed by atoms with E-state index in [2.05, 4.69) is 39.9 Å². The Morgan fingerprint density at radius 1 is 1.37 bits per heavy atom. The lowest BCUT2D eigenvalue weighted by Crippen LogP contribution is -2.47. The zero-order chi connectivity index (χ0) is 14.5. The molecule has 0 aliphatic carbocycles. The second-order valence-electron chi connectivity index (χ2n) is 5.27. The average molecular weight is 284 g/mol.